The van der Waals surface area contributed by atoms with Crippen molar-refractivity contribution in [2.45, 2.75) is 49.9 Å². The minimum absolute atomic E-state index is 0.0159. The maximum Gasteiger partial charge on any atom is 0.407 e. The van der Waals surface area contributed by atoms with Gasteiger partial charge in [-0.3, -0.25) is 9.59 Å². The van der Waals surface area contributed by atoms with E-state index in [-0.39, 0.29) is 31.7 Å². The Bertz CT molecular complexity index is 657. The van der Waals surface area contributed by atoms with E-state index in [2.05, 4.69) is 11.9 Å². The van der Waals surface area contributed by atoms with Crippen molar-refractivity contribution in [3.8, 4) is 0 Å². The highest BCUT2D eigenvalue weighted by atomic mass is 35.6. The van der Waals surface area contributed by atoms with Crippen molar-refractivity contribution in [1.82, 2.24) is 5.32 Å². The van der Waals surface area contributed by atoms with Crippen LogP contribution in [0.4, 0.5) is 4.79 Å². The lowest BCUT2D eigenvalue weighted by Gasteiger charge is -2.44. The van der Waals surface area contributed by atoms with Gasteiger partial charge in [-0.15, -0.1) is 0 Å². The Morgan fingerprint density at radius 2 is 1.81 bits per heavy atom. The number of rotatable bonds is 10. The van der Waals surface area contributed by atoms with Gasteiger partial charge in [-0.1, -0.05) is 61.3 Å². The van der Waals surface area contributed by atoms with Gasteiger partial charge in [-0.2, -0.15) is 0 Å². The molecule has 2 unspecified atom stereocenters. The quantitative estimate of drug-likeness (QED) is 0.203. The standard InChI is InChI=1S/C20H30Cl3NO8/c1-6-7-28-17(26)11(2)8-30-18-16(24-19(27)31-10-20(21,22)23)13(4)12(3)15(32-18)9-29-14(5)25/h6,11-13,15-16,18H,1,7-10H2,2-5H3,(H,24,27)/t11-,12+,13-,15?,16?,18+/m0/s1. The molecule has 1 rings (SSSR count). The van der Waals surface area contributed by atoms with Gasteiger partial charge in [0, 0.05) is 6.92 Å². The highest BCUT2D eigenvalue weighted by molar-refractivity contribution is 6.67. The minimum atomic E-state index is -1.76. The zero-order valence-electron chi connectivity index (χ0n) is 18.5. The van der Waals surface area contributed by atoms with Crippen LogP contribution >= 0.6 is 34.8 Å². The fraction of sp³-hybridized carbons (Fsp3) is 0.750. The van der Waals surface area contributed by atoms with Gasteiger partial charge in [-0.25, -0.2) is 4.79 Å². The summed E-state index contributed by atoms with van der Waals surface area (Å²) in [5.41, 5.74) is 0. The summed E-state index contributed by atoms with van der Waals surface area (Å²) in [6.45, 7) is 9.81. The number of alkyl carbamates (subject to hydrolysis) is 1. The molecule has 1 heterocycles. The van der Waals surface area contributed by atoms with Crippen LogP contribution in [0.5, 0.6) is 0 Å². The van der Waals surface area contributed by atoms with Crippen LogP contribution in [0.3, 0.4) is 0 Å². The highest BCUT2D eigenvalue weighted by Crippen LogP contribution is 2.32. The van der Waals surface area contributed by atoms with E-state index in [1.54, 1.807) is 6.92 Å². The number of hydrogen-bond acceptors (Lipinski definition) is 8. The van der Waals surface area contributed by atoms with Crippen molar-refractivity contribution < 1.29 is 38.1 Å². The number of hydrogen-bond donors (Lipinski definition) is 1. The van der Waals surface area contributed by atoms with Gasteiger partial charge < -0.3 is 29.0 Å². The molecule has 0 spiro atoms. The van der Waals surface area contributed by atoms with Crippen molar-refractivity contribution in [3.05, 3.63) is 12.7 Å². The summed E-state index contributed by atoms with van der Waals surface area (Å²) in [5, 5.41) is 2.67. The number of alkyl halides is 3. The molecule has 1 N–H and O–H groups in total. The van der Waals surface area contributed by atoms with Crippen LogP contribution in [0.15, 0.2) is 12.7 Å². The lowest BCUT2D eigenvalue weighted by atomic mass is 9.82. The van der Waals surface area contributed by atoms with Gasteiger partial charge in [0.25, 0.3) is 0 Å². The second kappa shape index (κ2) is 13.4. The molecule has 0 aromatic carbocycles. The second-order valence-electron chi connectivity index (χ2n) is 7.58. The lowest BCUT2D eigenvalue weighted by molar-refractivity contribution is -0.246. The predicted molar refractivity (Wildman–Crippen MR) is 118 cm³/mol. The molecule has 0 bridgehead atoms. The number of amides is 1. The zero-order chi connectivity index (χ0) is 24.5. The summed E-state index contributed by atoms with van der Waals surface area (Å²) in [5.74, 6) is -1.82. The van der Waals surface area contributed by atoms with E-state index in [0.717, 1.165) is 0 Å². The van der Waals surface area contributed by atoms with E-state index in [9.17, 15) is 14.4 Å². The second-order valence-corrected chi connectivity index (χ2v) is 10.1. The molecule has 1 fully saturated rings. The van der Waals surface area contributed by atoms with Crippen LogP contribution in [0.2, 0.25) is 0 Å². The maximum atomic E-state index is 12.2. The third kappa shape index (κ3) is 10.1. The third-order valence-electron chi connectivity index (χ3n) is 4.94. The molecule has 1 saturated heterocycles. The molecule has 0 aromatic rings. The Labute approximate surface area is 202 Å². The third-order valence-corrected chi connectivity index (χ3v) is 5.27. The Kier molecular flexibility index (Phi) is 12.1. The fourth-order valence-corrected chi connectivity index (χ4v) is 3.11. The van der Waals surface area contributed by atoms with Crippen molar-refractivity contribution in [3.63, 3.8) is 0 Å². The smallest absolute Gasteiger partial charge is 0.407 e. The largest absolute Gasteiger partial charge is 0.463 e. The summed E-state index contributed by atoms with van der Waals surface area (Å²) in [6, 6.07) is -0.655. The summed E-state index contributed by atoms with van der Waals surface area (Å²) in [4.78, 5) is 35.5. The number of carbonyl (C=O) groups excluding carboxylic acids is 3. The molecule has 1 aliphatic rings. The van der Waals surface area contributed by atoms with Crippen molar-refractivity contribution in [2.75, 3.05) is 26.4 Å². The first-order valence-electron chi connectivity index (χ1n) is 10.0. The van der Waals surface area contributed by atoms with E-state index >= 15 is 0 Å². The number of esters is 2. The van der Waals surface area contributed by atoms with Gasteiger partial charge in [0.1, 0.15) is 19.8 Å². The molecule has 0 aliphatic carbocycles. The molecular weight excluding hydrogens is 489 g/mol. The van der Waals surface area contributed by atoms with E-state index in [0.29, 0.717) is 0 Å². The van der Waals surface area contributed by atoms with Gasteiger partial charge >= 0.3 is 18.0 Å². The van der Waals surface area contributed by atoms with Crippen LogP contribution in [-0.2, 0) is 33.3 Å². The Balaban J connectivity index is 2.88. The van der Waals surface area contributed by atoms with Crippen LogP contribution in [0.25, 0.3) is 0 Å². The van der Waals surface area contributed by atoms with Crippen LogP contribution in [0, 0.1) is 17.8 Å². The normalized spacial score (nSPS) is 26.5. The minimum Gasteiger partial charge on any atom is -0.463 e. The molecular formula is C20H30Cl3NO8. The molecule has 9 nitrogen and oxygen atoms in total. The number of carbonyl (C=O) groups is 3. The first kappa shape index (κ1) is 28.8. The van der Waals surface area contributed by atoms with Gasteiger partial charge in [0.2, 0.25) is 3.79 Å². The molecule has 0 radical (unpaired) electrons. The van der Waals surface area contributed by atoms with Gasteiger partial charge in [0.15, 0.2) is 6.29 Å². The van der Waals surface area contributed by atoms with Gasteiger partial charge in [0.05, 0.1) is 24.7 Å². The SMILES string of the molecule is C=CCOC(=O)[C@@H](C)CO[C@@H]1OC(COC(C)=O)[C@H](C)[C@H](C)C1NC(=O)OCC(Cl)(Cl)Cl. The molecule has 32 heavy (non-hydrogen) atoms. The van der Waals surface area contributed by atoms with Crippen molar-refractivity contribution in [1.29, 1.82) is 0 Å². The predicted octanol–water partition coefficient (Wildman–Crippen LogP) is 3.39. The molecule has 184 valence electrons. The van der Waals surface area contributed by atoms with E-state index in [1.165, 1.54) is 13.0 Å². The monoisotopic (exact) mass is 517 g/mol. The van der Waals surface area contributed by atoms with E-state index in [4.69, 9.17) is 58.5 Å². The molecule has 6 atom stereocenters. The molecule has 1 amide bonds. The van der Waals surface area contributed by atoms with E-state index < -0.39 is 52.8 Å². The Morgan fingerprint density at radius 3 is 2.38 bits per heavy atom. The summed E-state index contributed by atoms with van der Waals surface area (Å²) < 4.78 is 25.1. The maximum absolute atomic E-state index is 12.2. The summed E-state index contributed by atoms with van der Waals surface area (Å²) in [7, 11) is 0. The highest BCUT2D eigenvalue weighted by Gasteiger charge is 2.44. The average Bonchev–Trinajstić information content (AvgIpc) is 2.71. The first-order valence-corrected chi connectivity index (χ1v) is 11.2. The topological polar surface area (TPSA) is 109 Å². The van der Waals surface area contributed by atoms with Crippen molar-refractivity contribution in [2.24, 2.45) is 17.8 Å². The molecule has 12 heteroatoms. The zero-order valence-corrected chi connectivity index (χ0v) is 20.7. The van der Waals surface area contributed by atoms with Crippen LogP contribution in [0.1, 0.15) is 27.7 Å². The lowest BCUT2D eigenvalue weighted by Crippen LogP contribution is -2.59. The Hall–Kier alpha value is -1.26. The fourth-order valence-electron chi connectivity index (χ4n) is 2.94. The molecule has 0 saturated carbocycles. The first-order chi connectivity index (χ1) is 14.9. The van der Waals surface area contributed by atoms with Crippen molar-refractivity contribution >= 4 is 52.8 Å². The Morgan fingerprint density at radius 1 is 1.16 bits per heavy atom. The number of nitrogens with one attached hydrogen (secondary N) is 1. The summed E-state index contributed by atoms with van der Waals surface area (Å²) >= 11 is 16.8. The summed E-state index contributed by atoms with van der Waals surface area (Å²) in [6.07, 6.45) is -0.815. The van der Waals surface area contributed by atoms with Crippen LogP contribution in [-0.4, -0.2) is 66.7 Å². The molecule has 0 aromatic heterocycles. The van der Waals surface area contributed by atoms with Crippen LogP contribution < -0.4 is 5.32 Å². The van der Waals surface area contributed by atoms with Gasteiger partial charge in [-0.05, 0) is 18.8 Å². The average molecular weight is 519 g/mol. The van der Waals surface area contributed by atoms with E-state index in [1.807, 2.05) is 13.8 Å². The molecule has 1 aliphatic heterocycles. The number of halogens is 3. The number of ether oxygens (including phenoxy) is 5.